The van der Waals surface area contributed by atoms with Gasteiger partial charge in [0, 0.05) is 11.9 Å². The van der Waals surface area contributed by atoms with Crippen LogP contribution in [0.3, 0.4) is 0 Å². The normalized spacial score (nSPS) is 13.6. The van der Waals surface area contributed by atoms with Crippen LogP contribution in [0.2, 0.25) is 10.0 Å². The lowest BCUT2D eigenvalue weighted by Crippen LogP contribution is -2.10. The molecule has 0 aliphatic carbocycles. The maximum Gasteiger partial charge on any atom is 0.150 e. The number of rotatable bonds is 6. The number of pyridine rings is 1. The molecule has 1 aromatic heterocycles. The predicted molar refractivity (Wildman–Crippen MR) is 72.8 cm³/mol. The number of aliphatic hydroxyl groups excluding tert-OH is 1. The number of sulfone groups is 1. The highest BCUT2D eigenvalue weighted by molar-refractivity contribution is 7.91. The number of aliphatic hydroxyl groups is 1. The molecule has 0 radical (unpaired) electrons. The molecule has 0 aromatic carbocycles. The van der Waals surface area contributed by atoms with Gasteiger partial charge in [0.25, 0.3) is 0 Å². The summed E-state index contributed by atoms with van der Waals surface area (Å²) >= 11 is 11.6. The molecule has 1 heterocycles. The van der Waals surface area contributed by atoms with Crippen molar-refractivity contribution in [2.24, 2.45) is 0 Å². The summed E-state index contributed by atoms with van der Waals surface area (Å²) in [7, 11) is -3.00. The first-order valence-corrected chi connectivity index (χ1v) is 8.13. The fourth-order valence-electron chi connectivity index (χ4n) is 1.45. The third kappa shape index (κ3) is 4.72. The van der Waals surface area contributed by atoms with Gasteiger partial charge in [0.05, 0.1) is 27.6 Å². The molecule has 0 bridgehead atoms. The van der Waals surface area contributed by atoms with Crippen LogP contribution in [0.25, 0.3) is 0 Å². The number of halogens is 2. The van der Waals surface area contributed by atoms with Crippen molar-refractivity contribution >= 4 is 33.0 Å². The molecule has 18 heavy (non-hydrogen) atoms. The van der Waals surface area contributed by atoms with Crippen LogP contribution in [0, 0.1) is 0 Å². The fourth-order valence-corrected chi connectivity index (χ4v) is 2.85. The smallest absolute Gasteiger partial charge is 0.150 e. The Labute approximate surface area is 117 Å². The van der Waals surface area contributed by atoms with Crippen LogP contribution in [-0.2, 0) is 9.84 Å². The Hall–Kier alpha value is -0.360. The maximum absolute atomic E-state index is 11.3. The van der Waals surface area contributed by atoms with E-state index in [2.05, 4.69) is 4.98 Å². The minimum atomic E-state index is -3.00. The first-order chi connectivity index (χ1) is 8.35. The highest BCUT2D eigenvalue weighted by atomic mass is 35.5. The van der Waals surface area contributed by atoms with Crippen LogP contribution >= 0.6 is 23.2 Å². The van der Waals surface area contributed by atoms with Crippen molar-refractivity contribution in [2.45, 2.75) is 25.9 Å². The molecular weight excluding hydrogens is 297 g/mol. The van der Waals surface area contributed by atoms with E-state index in [1.165, 1.54) is 12.3 Å². The summed E-state index contributed by atoms with van der Waals surface area (Å²) < 4.78 is 22.6. The summed E-state index contributed by atoms with van der Waals surface area (Å²) in [4.78, 5) is 3.95. The van der Waals surface area contributed by atoms with Gasteiger partial charge in [-0.25, -0.2) is 8.42 Å². The summed E-state index contributed by atoms with van der Waals surface area (Å²) in [6.45, 7) is 1.60. The zero-order valence-electron chi connectivity index (χ0n) is 9.94. The van der Waals surface area contributed by atoms with E-state index in [-0.39, 0.29) is 16.5 Å². The fraction of sp³-hybridized carbons (Fsp3) is 0.545. The maximum atomic E-state index is 11.3. The quantitative estimate of drug-likeness (QED) is 0.877. The number of nitrogens with zero attached hydrogens (tertiary/aromatic N) is 1. The highest BCUT2D eigenvalue weighted by Crippen LogP contribution is 2.26. The van der Waals surface area contributed by atoms with E-state index >= 15 is 0 Å². The van der Waals surface area contributed by atoms with Crippen molar-refractivity contribution in [3.05, 3.63) is 28.0 Å². The Morgan fingerprint density at radius 2 is 2.11 bits per heavy atom. The summed E-state index contributed by atoms with van der Waals surface area (Å²) in [5, 5.41) is 10.6. The Morgan fingerprint density at radius 3 is 2.67 bits per heavy atom. The van der Waals surface area contributed by atoms with Crippen LogP contribution in [0.5, 0.6) is 0 Å². The molecule has 0 aliphatic rings. The van der Waals surface area contributed by atoms with Crippen LogP contribution in [0.15, 0.2) is 12.3 Å². The van der Waals surface area contributed by atoms with Crippen molar-refractivity contribution in [3.8, 4) is 0 Å². The number of aromatic nitrogens is 1. The zero-order chi connectivity index (χ0) is 13.8. The molecule has 0 aliphatic heterocycles. The number of hydrogen-bond acceptors (Lipinski definition) is 4. The first kappa shape index (κ1) is 15.7. The van der Waals surface area contributed by atoms with Crippen molar-refractivity contribution in [2.75, 3.05) is 11.5 Å². The minimum absolute atomic E-state index is 0.0613. The highest BCUT2D eigenvalue weighted by Gasteiger charge is 2.15. The lowest BCUT2D eigenvalue weighted by molar-refractivity contribution is 0.162. The third-order valence-corrected chi connectivity index (χ3v) is 4.82. The van der Waals surface area contributed by atoms with E-state index in [1.54, 1.807) is 6.92 Å². The first-order valence-electron chi connectivity index (χ1n) is 5.55. The SMILES string of the molecule is CCS(=O)(=O)CCCC(O)c1ncc(Cl)cc1Cl. The second-order valence-corrected chi connectivity index (χ2v) is 7.23. The summed E-state index contributed by atoms with van der Waals surface area (Å²) in [5.74, 6) is 0.175. The van der Waals surface area contributed by atoms with Crippen molar-refractivity contribution in [1.82, 2.24) is 4.98 Å². The summed E-state index contributed by atoms with van der Waals surface area (Å²) in [6.07, 6.45) is 1.20. The molecule has 7 heteroatoms. The van der Waals surface area contributed by atoms with E-state index in [1.807, 2.05) is 0 Å². The van der Waals surface area contributed by atoms with E-state index in [4.69, 9.17) is 23.2 Å². The molecule has 1 aromatic rings. The predicted octanol–water partition coefficient (Wildman–Crippen LogP) is 2.64. The monoisotopic (exact) mass is 311 g/mol. The van der Waals surface area contributed by atoms with Crippen molar-refractivity contribution in [1.29, 1.82) is 0 Å². The standard InChI is InChI=1S/C11H15Cl2NO3S/c1-2-18(16,17)5-3-4-10(15)11-9(13)6-8(12)7-14-11/h6-7,10,15H,2-5H2,1H3. The Morgan fingerprint density at radius 1 is 1.44 bits per heavy atom. The largest absolute Gasteiger partial charge is 0.387 e. The Kier molecular flexibility index (Phi) is 5.85. The summed E-state index contributed by atoms with van der Waals surface area (Å²) in [6, 6.07) is 1.50. The van der Waals surface area contributed by atoms with E-state index in [9.17, 15) is 13.5 Å². The molecule has 1 atom stereocenters. The molecule has 0 saturated heterocycles. The molecule has 1 unspecified atom stereocenters. The molecule has 4 nitrogen and oxygen atoms in total. The number of hydrogen-bond donors (Lipinski definition) is 1. The molecule has 1 N–H and O–H groups in total. The third-order valence-electron chi connectivity index (χ3n) is 2.52. The minimum Gasteiger partial charge on any atom is -0.387 e. The van der Waals surface area contributed by atoms with Gasteiger partial charge >= 0.3 is 0 Å². The molecular formula is C11H15Cl2NO3S. The van der Waals surface area contributed by atoms with Gasteiger partial charge in [-0.05, 0) is 18.9 Å². The Balaban J connectivity index is 2.58. The van der Waals surface area contributed by atoms with Gasteiger partial charge in [-0.3, -0.25) is 4.98 Å². The molecule has 0 spiro atoms. The van der Waals surface area contributed by atoms with Crippen LogP contribution in [-0.4, -0.2) is 30.0 Å². The molecule has 0 fully saturated rings. The van der Waals surface area contributed by atoms with Crippen molar-refractivity contribution < 1.29 is 13.5 Å². The Bertz CT molecular complexity index is 505. The molecule has 102 valence electrons. The topological polar surface area (TPSA) is 67.3 Å². The van der Waals surface area contributed by atoms with Crippen LogP contribution < -0.4 is 0 Å². The van der Waals surface area contributed by atoms with Gasteiger partial charge < -0.3 is 5.11 Å². The molecule has 1 rings (SSSR count). The zero-order valence-corrected chi connectivity index (χ0v) is 12.3. The van der Waals surface area contributed by atoms with Gasteiger partial charge in [0.15, 0.2) is 0 Å². The molecule has 0 amide bonds. The van der Waals surface area contributed by atoms with Crippen LogP contribution in [0.1, 0.15) is 31.6 Å². The van der Waals surface area contributed by atoms with E-state index < -0.39 is 15.9 Å². The van der Waals surface area contributed by atoms with Gasteiger partial charge in [0.2, 0.25) is 0 Å². The van der Waals surface area contributed by atoms with Gasteiger partial charge in [-0.15, -0.1) is 0 Å². The average Bonchev–Trinajstić information content (AvgIpc) is 2.28. The van der Waals surface area contributed by atoms with Crippen molar-refractivity contribution in [3.63, 3.8) is 0 Å². The van der Waals surface area contributed by atoms with Gasteiger partial charge in [-0.1, -0.05) is 30.1 Å². The van der Waals surface area contributed by atoms with Crippen LogP contribution in [0.4, 0.5) is 0 Å². The second kappa shape index (κ2) is 6.70. The van der Waals surface area contributed by atoms with Gasteiger partial charge in [0.1, 0.15) is 9.84 Å². The van der Waals surface area contributed by atoms with E-state index in [0.717, 1.165) is 0 Å². The molecule has 0 saturated carbocycles. The van der Waals surface area contributed by atoms with Gasteiger partial charge in [-0.2, -0.15) is 0 Å². The average molecular weight is 312 g/mol. The second-order valence-electron chi connectivity index (χ2n) is 3.91. The van der Waals surface area contributed by atoms with E-state index in [0.29, 0.717) is 23.6 Å². The lowest BCUT2D eigenvalue weighted by atomic mass is 10.1. The lowest BCUT2D eigenvalue weighted by Gasteiger charge is -2.11. The summed E-state index contributed by atoms with van der Waals surface area (Å²) in [5.41, 5.74) is 0.329.